The molecule has 3 N–H and O–H groups in total. The maximum absolute atomic E-state index is 12.5. The highest BCUT2D eigenvalue weighted by Gasteiger charge is 2.25. The van der Waals surface area contributed by atoms with Crippen molar-refractivity contribution in [1.82, 2.24) is 5.32 Å². The zero-order valence-electron chi connectivity index (χ0n) is 15.3. The number of carbonyl (C=O) groups excluding carboxylic acids is 2. The maximum atomic E-state index is 12.5. The van der Waals surface area contributed by atoms with Crippen LogP contribution in [0.3, 0.4) is 0 Å². The largest absolute Gasteiger partial charge is 0.396 e. The van der Waals surface area contributed by atoms with Crippen LogP contribution in [0.25, 0.3) is 0 Å². The molecule has 1 fully saturated rings. The fourth-order valence-electron chi connectivity index (χ4n) is 3.27. The number of aliphatic hydroxyl groups is 1. The van der Waals surface area contributed by atoms with Gasteiger partial charge >= 0.3 is 0 Å². The summed E-state index contributed by atoms with van der Waals surface area (Å²) >= 11 is 0. The number of nitrogens with one attached hydrogen (secondary N) is 2. The number of rotatable bonds is 7. The highest BCUT2D eigenvalue weighted by atomic mass is 16.3. The van der Waals surface area contributed by atoms with Crippen LogP contribution in [0.4, 0.5) is 5.69 Å². The number of carbonyl (C=O) groups is 2. The second-order valence-corrected chi connectivity index (χ2v) is 7.25. The van der Waals surface area contributed by atoms with E-state index < -0.39 is 5.54 Å². The molecule has 1 unspecified atom stereocenters. The van der Waals surface area contributed by atoms with Crippen molar-refractivity contribution in [2.24, 2.45) is 5.92 Å². The van der Waals surface area contributed by atoms with Crippen LogP contribution in [-0.4, -0.2) is 29.1 Å². The number of aliphatic hydroxyl groups excluding tert-OH is 1. The normalized spacial score (nSPS) is 17.6. The number of hydrogen-bond donors (Lipinski definition) is 3. The molecule has 1 aromatic rings. The minimum Gasteiger partial charge on any atom is -0.396 e. The van der Waals surface area contributed by atoms with E-state index in [1.165, 1.54) is 6.42 Å². The molecule has 1 saturated carbocycles. The molecule has 1 aliphatic carbocycles. The molecular formula is C20H30N2O3. The van der Waals surface area contributed by atoms with Crippen molar-refractivity contribution >= 4 is 17.5 Å². The maximum Gasteiger partial charge on any atom is 0.251 e. The molecule has 25 heavy (non-hydrogen) atoms. The Morgan fingerprint density at radius 2 is 1.96 bits per heavy atom. The average Bonchev–Trinajstić information content (AvgIpc) is 2.63. The van der Waals surface area contributed by atoms with E-state index in [9.17, 15) is 14.7 Å². The second kappa shape index (κ2) is 8.99. The van der Waals surface area contributed by atoms with Crippen LogP contribution in [-0.2, 0) is 4.79 Å². The Balaban J connectivity index is 2.02. The summed E-state index contributed by atoms with van der Waals surface area (Å²) in [5, 5.41) is 15.1. The van der Waals surface area contributed by atoms with Crippen molar-refractivity contribution in [3.63, 3.8) is 0 Å². The van der Waals surface area contributed by atoms with Crippen LogP contribution in [0.1, 0.15) is 69.2 Å². The summed E-state index contributed by atoms with van der Waals surface area (Å²) in [5.74, 6) is -0.0540. The third-order valence-electron chi connectivity index (χ3n) is 5.23. The molecule has 138 valence electrons. The van der Waals surface area contributed by atoms with E-state index in [1.807, 2.05) is 19.9 Å². The minimum atomic E-state index is -0.437. The van der Waals surface area contributed by atoms with Crippen LogP contribution >= 0.6 is 0 Å². The zero-order chi connectivity index (χ0) is 18.3. The molecule has 1 atom stereocenters. The molecule has 0 aromatic heterocycles. The lowest BCUT2D eigenvalue weighted by atomic mass is 9.88. The van der Waals surface area contributed by atoms with Crippen molar-refractivity contribution in [1.29, 1.82) is 0 Å². The van der Waals surface area contributed by atoms with Crippen LogP contribution in [0.5, 0.6) is 0 Å². The Labute approximate surface area is 150 Å². The van der Waals surface area contributed by atoms with E-state index in [1.54, 1.807) is 18.2 Å². The molecule has 0 bridgehead atoms. The quantitative estimate of drug-likeness (QED) is 0.707. The Morgan fingerprint density at radius 3 is 2.60 bits per heavy atom. The molecule has 1 aliphatic rings. The summed E-state index contributed by atoms with van der Waals surface area (Å²) in [4.78, 5) is 24.9. The first-order chi connectivity index (χ1) is 12.0. The van der Waals surface area contributed by atoms with Gasteiger partial charge in [-0.15, -0.1) is 0 Å². The van der Waals surface area contributed by atoms with Crippen molar-refractivity contribution in [3.8, 4) is 0 Å². The topological polar surface area (TPSA) is 78.4 Å². The zero-order valence-corrected chi connectivity index (χ0v) is 15.3. The van der Waals surface area contributed by atoms with Gasteiger partial charge in [0.05, 0.1) is 0 Å². The molecule has 0 aliphatic heterocycles. The number of benzene rings is 1. The van der Waals surface area contributed by atoms with Gasteiger partial charge in [-0.1, -0.05) is 32.3 Å². The SMILES string of the molecule is CCC(C)(CCO)NC(=O)c1cccc(NC(=O)C2CCCCC2)c1. The first-order valence-corrected chi connectivity index (χ1v) is 9.32. The van der Waals surface area contributed by atoms with Gasteiger partial charge < -0.3 is 15.7 Å². The van der Waals surface area contributed by atoms with Gasteiger partial charge in [-0.25, -0.2) is 0 Å². The van der Waals surface area contributed by atoms with Crippen LogP contribution < -0.4 is 10.6 Å². The predicted octanol–water partition coefficient (Wildman–Crippen LogP) is 3.49. The summed E-state index contributed by atoms with van der Waals surface area (Å²) < 4.78 is 0. The lowest BCUT2D eigenvalue weighted by Crippen LogP contribution is -2.46. The van der Waals surface area contributed by atoms with E-state index in [4.69, 9.17) is 0 Å². The lowest BCUT2D eigenvalue weighted by Gasteiger charge is -2.29. The molecule has 0 heterocycles. The van der Waals surface area contributed by atoms with Gasteiger partial charge in [0.1, 0.15) is 0 Å². The molecule has 5 nitrogen and oxygen atoms in total. The molecule has 2 rings (SSSR count). The summed E-state index contributed by atoms with van der Waals surface area (Å²) in [5.41, 5.74) is 0.732. The number of hydrogen-bond acceptors (Lipinski definition) is 3. The molecule has 1 aromatic carbocycles. The Kier molecular flexibility index (Phi) is 7.00. The Bertz CT molecular complexity index is 596. The van der Waals surface area contributed by atoms with Gasteiger partial charge in [0.15, 0.2) is 0 Å². The van der Waals surface area contributed by atoms with Crippen molar-refractivity contribution in [2.75, 3.05) is 11.9 Å². The van der Waals surface area contributed by atoms with E-state index >= 15 is 0 Å². The molecule has 5 heteroatoms. The van der Waals surface area contributed by atoms with Gasteiger partial charge in [0.25, 0.3) is 5.91 Å². The van der Waals surface area contributed by atoms with Crippen molar-refractivity contribution in [3.05, 3.63) is 29.8 Å². The third kappa shape index (κ3) is 5.56. The van der Waals surface area contributed by atoms with Gasteiger partial charge in [0, 0.05) is 29.3 Å². The van der Waals surface area contributed by atoms with Gasteiger partial charge in [-0.05, 0) is 50.8 Å². The van der Waals surface area contributed by atoms with Crippen LogP contribution in [0, 0.1) is 5.92 Å². The van der Waals surface area contributed by atoms with Gasteiger partial charge in [0.2, 0.25) is 5.91 Å². The summed E-state index contributed by atoms with van der Waals surface area (Å²) in [6.07, 6.45) is 6.57. The first kappa shape index (κ1) is 19.4. The van der Waals surface area contributed by atoms with Crippen molar-refractivity contribution < 1.29 is 14.7 Å². The lowest BCUT2D eigenvalue weighted by molar-refractivity contribution is -0.120. The highest BCUT2D eigenvalue weighted by molar-refractivity contribution is 5.98. The summed E-state index contributed by atoms with van der Waals surface area (Å²) in [7, 11) is 0. The monoisotopic (exact) mass is 346 g/mol. The molecule has 0 radical (unpaired) electrons. The molecule has 0 spiro atoms. The molecular weight excluding hydrogens is 316 g/mol. The van der Waals surface area contributed by atoms with Gasteiger partial charge in [-0.3, -0.25) is 9.59 Å². The van der Waals surface area contributed by atoms with Crippen LogP contribution in [0.15, 0.2) is 24.3 Å². The highest BCUT2D eigenvalue weighted by Crippen LogP contribution is 2.25. The fraction of sp³-hybridized carbons (Fsp3) is 0.600. The van der Waals surface area contributed by atoms with Crippen LogP contribution in [0.2, 0.25) is 0 Å². The molecule has 2 amide bonds. The van der Waals surface area contributed by atoms with E-state index in [-0.39, 0.29) is 24.3 Å². The second-order valence-electron chi connectivity index (χ2n) is 7.25. The Hall–Kier alpha value is -1.88. The van der Waals surface area contributed by atoms with Crippen molar-refractivity contribution in [2.45, 2.75) is 64.3 Å². The van der Waals surface area contributed by atoms with Gasteiger partial charge in [-0.2, -0.15) is 0 Å². The Morgan fingerprint density at radius 1 is 1.24 bits per heavy atom. The average molecular weight is 346 g/mol. The number of anilines is 1. The fourth-order valence-corrected chi connectivity index (χ4v) is 3.27. The smallest absolute Gasteiger partial charge is 0.251 e. The summed E-state index contributed by atoms with van der Waals surface area (Å²) in [6.45, 7) is 3.94. The van der Waals surface area contributed by atoms with E-state index in [2.05, 4.69) is 10.6 Å². The first-order valence-electron chi connectivity index (χ1n) is 9.32. The van der Waals surface area contributed by atoms with E-state index in [0.717, 1.165) is 32.1 Å². The third-order valence-corrected chi connectivity index (χ3v) is 5.23. The minimum absolute atomic E-state index is 0.0299. The predicted molar refractivity (Wildman–Crippen MR) is 99.5 cm³/mol. The van der Waals surface area contributed by atoms with E-state index in [0.29, 0.717) is 17.7 Å². The number of amides is 2. The molecule has 0 saturated heterocycles. The standard InChI is InChI=1S/C20H30N2O3/c1-3-20(2,12-13-23)22-19(25)16-10-7-11-17(14-16)21-18(24)15-8-5-4-6-9-15/h7,10-11,14-15,23H,3-6,8-9,12-13H2,1-2H3,(H,21,24)(H,22,25). The summed E-state index contributed by atoms with van der Waals surface area (Å²) in [6, 6.07) is 7.04.